The molecule has 0 amide bonds. The fourth-order valence-electron chi connectivity index (χ4n) is 8.80. The molecule has 5 heterocycles. The molecule has 0 saturated carbocycles. The number of rotatable bonds is 18. The van der Waals surface area contributed by atoms with Crippen molar-refractivity contribution in [3.63, 3.8) is 0 Å². The molecule has 8 heteroatoms. The van der Waals surface area contributed by atoms with E-state index in [1.165, 1.54) is 107 Å². The number of thioether (sulfide) groups is 1. The Hall–Kier alpha value is -2.29. The number of nitrogens with zero attached hydrogens (tertiary/aromatic N) is 1. The van der Waals surface area contributed by atoms with Crippen molar-refractivity contribution in [2.75, 3.05) is 11.9 Å². The number of phenols is 2. The standard InChI is InChI=1S/C40H52BrN3O3S/c1-2-3-4-5-6-7-8-9-10-11-12-13-14-15-16-17-18-19-21-40-33(27-23-28(41)29(45)24-30(27)48-40)39-44-36-32(38(40)47-39)34-31-26(20-22-42-34)25-43-35(31)37(36)46/h7-8,23-25,33,38-39,44-46H,2-6,9-22H2,1H3/p+1/b8-7-/t33-,38+,39+,40-/m0/s1. The van der Waals surface area contributed by atoms with Gasteiger partial charge in [0, 0.05) is 23.4 Å². The second-order valence-corrected chi connectivity index (χ2v) is 16.8. The lowest BCUT2D eigenvalue weighted by Crippen LogP contribution is -2.82. The van der Waals surface area contributed by atoms with E-state index in [0.29, 0.717) is 10.2 Å². The number of unbranched alkanes of at least 4 members (excludes halogenated alkanes) is 14. The average molecular weight is 736 g/mol. The van der Waals surface area contributed by atoms with Gasteiger partial charge in [0.1, 0.15) is 30.3 Å². The highest BCUT2D eigenvalue weighted by Gasteiger charge is 2.65. The van der Waals surface area contributed by atoms with Gasteiger partial charge < -0.3 is 20.3 Å². The number of anilines is 1. The molecule has 6 nitrogen and oxygen atoms in total. The van der Waals surface area contributed by atoms with Crippen LogP contribution in [0.4, 0.5) is 11.4 Å². The Kier molecular flexibility index (Phi) is 10.9. The van der Waals surface area contributed by atoms with E-state index in [9.17, 15) is 10.2 Å². The van der Waals surface area contributed by atoms with Crippen LogP contribution in [-0.4, -0.2) is 33.9 Å². The molecule has 0 aromatic heterocycles. The molecule has 4 N–H and O–H groups in total. The SMILES string of the molecule is CCCCCC/C=C\CCCCCCCCCCCC[C@]12Sc3cc(O)c(Br)cc3[C@H]1[C@@H]1Nc3c(O)c4c5c(c3[C@H]2O1)=[NH+]CCC=5C=N4. The number of allylic oxidation sites excluding steroid dienone is 2. The number of aliphatic imine (C=N–C) groups is 1. The van der Waals surface area contributed by atoms with Crippen molar-refractivity contribution in [3.8, 4) is 11.5 Å². The van der Waals surface area contributed by atoms with Crippen molar-refractivity contribution in [3.05, 3.63) is 50.5 Å². The smallest absolute Gasteiger partial charge is 0.216 e. The normalized spacial score (nSPS) is 24.0. The molecule has 2 aromatic rings. The maximum atomic E-state index is 11.5. The summed E-state index contributed by atoms with van der Waals surface area (Å²) in [5.41, 5.74) is 4.92. The third-order valence-corrected chi connectivity index (χ3v) is 13.5. The highest BCUT2D eigenvalue weighted by atomic mass is 79.9. The summed E-state index contributed by atoms with van der Waals surface area (Å²) in [5.74, 6) is 0.628. The maximum Gasteiger partial charge on any atom is 0.216 e. The van der Waals surface area contributed by atoms with Gasteiger partial charge in [-0.25, -0.2) is 4.99 Å². The third kappa shape index (κ3) is 6.51. The predicted octanol–water partition coefficient (Wildman–Crippen LogP) is 8.49. The summed E-state index contributed by atoms with van der Waals surface area (Å²) in [6.07, 6.45) is 29.2. The third-order valence-electron chi connectivity index (χ3n) is 11.3. The monoisotopic (exact) mass is 734 g/mol. The zero-order chi connectivity index (χ0) is 33.1. The zero-order valence-electron chi connectivity index (χ0n) is 28.6. The highest BCUT2D eigenvalue weighted by Crippen LogP contribution is 2.70. The van der Waals surface area contributed by atoms with Gasteiger partial charge in [-0.3, -0.25) is 4.99 Å². The van der Waals surface area contributed by atoms with Crippen LogP contribution in [0.3, 0.4) is 0 Å². The van der Waals surface area contributed by atoms with Crippen molar-refractivity contribution in [2.24, 2.45) is 4.99 Å². The van der Waals surface area contributed by atoms with Crippen LogP contribution >= 0.6 is 27.7 Å². The van der Waals surface area contributed by atoms with E-state index in [0.717, 1.165) is 52.5 Å². The number of fused-ring (bicyclic) bond motifs is 10. The fourth-order valence-corrected chi connectivity index (χ4v) is 10.9. The van der Waals surface area contributed by atoms with Gasteiger partial charge in [0.05, 0.1) is 25.7 Å². The Bertz CT molecular complexity index is 1690. The van der Waals surface area contributed by atoms with Gasteiger partial charge in [-0.2, -0.15) is 0 Å². The van der Waals surface area contributed by atoms with Crippen LogP contribution in [0.5, 0.6) is 11.5 Å². The quantitative estimate of drug-likeness (QED) is 0.0701. The molecule has 7 rings (SSSR count). The molecule has 258 valence electrons. The molecule has 48 heavy (non-hydrogen) atoms. The van der Waals surface area contributed by atoms with Gasteiger partial charge >= 0.3 is 0 Å². The lowest BCUT2D eigenvalue weighted by atomic mass is 9.78. The van der Waals surface area contributed by atoms with Gasteiger partial charge in [-0.15, -0.1) is 11.8 Å². The van der Waals surface area contributed by atoms with Gasteiger partial charge in [-0.1, -0.05) is 96.1 Å². The van der Waals surface area contributed by atoms with Gasteiger partial charge in [0.2, 0.25) is 5.36 Å². The molecule has 5 aliphatic rings. The van der Waals surface area contributed by atoms with Gasteiger partial charge in [0.15, 0.2) is 5.75 Å². The lowest BCUT2D eigenvalue weighted by molar-refractivity contribution is -0.501. The second kappa shape index (κ2) is 15.3. The largest absolute Gasteiger partial charge is 0.507 e. The minimum absolute atomic E-state index is 0.102. The molecule has 0 aliphatic carbocycles. The summed E-state index contributed by atoms with van der Waals surface area (Å²) in [5, 5.41) is 27.9. The van der Waals surface area contributed by atoms with Crippen molar-refractivity contribution < 1.29 is 19.9 Å². The first-order chi connectivity index (χ1) is 23.5. The van der Waals surface area contributed by atoms with Crippen molar-refractivity contribution in [2.45, 2.75) is 150 Å². The van der Waals surface area contributed by atoms with E-state index >= 15 is 0 Å². The molecule has 2 bridgehead atoms. The molecule has 4 atom stereocenters. The average Bonchev–Trinajstić information content (AvgIpc) is 3.73. The predicted molar refractivity (Wildman–Crippen MR) is 200 cm³/mol. The number of hydrogen-bond donors (Lipinski definition) is 4. The number of aromatic hydroxyl groups is 2. The van der Waals surface area contributed by atoms with E-state index in [4.69, 9.17) is 4.74 Å². The first-order valence-electron chi connectivity index (χ1n) is 18.9. The first-order valence-corrected chi connectivity index (χ1v) is 20.5. The zero-order valence-corrected chi connectivity index (χ0v) is 31.0. The van der Waals surface area contributed by atoms with E-state index in [-0.39, 0.29) is 34.5 Å². The molecule has 0 radical (unpaired) electrons. The Morgan fingerprint density at radius 2 is 1.67 bits per heavy atom. The lowest BCUT2D eigenvalue weighted by Gasteiger charge is -2.33. The molecule has 0 spiro atoms. The number of benzene rings is 2. The topological polar surface area (TPSA) is 88.0 Å². The summed E-state index contributed by atoms with van der Waals surface area (Å²) in [4.78, 5) is 9.46. The van der Waals surface area contributed by atoms with Crippen LogP contribution in [-0.2, 0) is 4.74 Å². The minimum atomic E-state index is -0.257. The number of hydrogen-bond acceptors (Lipinski definition) is 6. The molecular formula is C40H53BrN3O3S+. The Balaban J connectivity index is 0.944. The molecule has 5 aliphatic heterocycles. The van der Waals surface area contributed by atoms with Crippen LogP contribution in [0.25, 0.3) is 5.57 Å². The first kappa shape index (κ1) is 34.2. The summed E-state index contributed by atoms with van der Waals surface area (Å²) in [6.45, 7) is 3.12. The van der Waals surface area contributed by atoms with Gasteiger partial charge in [0.25, 0.3) is 0 Å². The summed E-state index contributed by atoms with van der Waals surface area (Å²) in [7, 11) is 0. The summed E-state index contributed by atoms with van der Waals surface area (Å²) >= 11 is 5.47. The van der Waals surface area contributed by atoms with E-state index in [2.05, 4.69) is 56.4 Å². The Labute approximate surface area is 298 Å². The number of halogens is 1. The van der Waals surface area contributed by atoms with Gasteiger partial charge in [-0.05, 0) is 71.3 Å². The van der Waals surface area contributed by atoms with E-state index in [1.54, 1.807) is 0 Å². The fraction of sp³-hybridized carbons (Fsp3) is 0.600. The Morgan fingerprint density at radius 3 is 2.40 bits per heavy atom. The molecule has 1 fully saturated rings. The second-order valence-electron chi connectivity index (χ2n) is 14.5. The van der Waals surface area contributed by atoms with Crippen LogP contribution < -0.4 is 20.9 Å². The maximum absolute atomic E-state index is 11.5. The van der Waals surface area contributed by atoms with Crippen LogP contribution in [0.1, 0.15) is 146 Å². The van der Waals surface area contributed by atoms with Crippen LogP contribution in [0.15, 0.2) is 38.6 Å². The summed E-state index contributed by atoms with van der Waals surface area (Å²) in [6, 6.07) is 4.01. The minimum Gasteiger partial charge on any atom is -0.507 e. The molecule has 2 aromatic carbocycles. The number of phenolic OH excluding ortho intramolecular Hbond substituents is 2. The van der Waals surface area contributed by atoms with Crippen molar-refractivity contribution in [1.29, 1.82) is 0 Å². The molecule has 0 unspecified atom stereocenters. The van der Waals surface area contributed by atoms with Crippen LogP contribution in [0.2, 0.25) is 0 Å². The van der Waals surface area contributed by atoms with Crippen molar-refractivity contribution >= 4 is 50.9 Å². The molecule has 1 saturated heterocycles. The van der Waals surface area contributed by atoms with Crippen LogP contribution in [0, 0.1) is 0 Å². The summed E-state index contributed by atoms with van der Waals surface area (Å²) < 4.78 is 7.40. The van der Waals surface area contributed by atoms with E-state index in [1.807, 2.05) is 24.0 Å². The Morgan fingerprint density at radius 1 is 0.979 bits per heavy atom. The highest BCUT2D eigenvalue weighted by molar-refractivity contribution is 9.10. The number of nitrogens with one attached hydrogen (secondary N) is 2. The molecular weight excluding hydrogens is 682 g/mol. The number of ether oxygens (including phenoxy) is 1. The van der Waals surface area contributed by atoms with E-state index < -0.39 is 0 Å². The van der Waals surface area contributed by atoms with Crippen molar-refractivity contribution in [1.82, 2.24) is 0 Å².